The van der Waals surface area contributed by atoms with Gasteiger partial charge in [-0.05, 0) is 37.6 Å². The van der Waals surface area contributed by atoms with Gasteiger partial charge in [-0.3, -0.25) is 0 Å². The first kappa shape index (κ1) is 14.3. The number of nitrogens with one attached hydrogen (secondary N) is 1. The van der Waals surface area contributed by atoms with Gasteiger partial charge in [0.25, 0.3) is 0 Å². The van der Waals surface area contributed by atoms with E-state index in [1.165, 1.54) is 58.2 Å². The minimum atomic E-state index is 0.745. The van der Waals surface area contributed by atoms with Crippen LogP contribution in [-0.2, 0) is 0 Å². The van der Waals surface area contributed by atoms with E-state index in [0.29, 0.717) is 0 Å². The summed E-state index contributed by atoms with van der Waals surface area (Å²) >= 11 is 0. The molecule has 0 amide bonds. The van der Waals surface area contributed by atoms with Gasteiger partial charge in [-0.15, -0.1) is 0 Å². The molecule has 0 bridgehead atoms. The Bertz CT molecular complexity index is 233. The topological polar surface area (TPSA) is 15.3 Å². The SMILES string of the molecule is CCN1CC(NC2CCCCC2)CC(C(C)C)C1. The molecule has 0 aromatic heterocycles. The van der Waals surface area contributed by atoms with Crippen LogP contribution in [0.2, 0.25) is 0 Å². The van der Waals surface area contributed by atoms with Crippen molar-refractivity contribution in [1.29, 1.82) is 0 Å². The molecule has 2 rings (SSSR count). The summed E-state index contributed by atoms with van der Waals surface area (Å²) in [5, 5.41) is 3.97. The van der Waals surface area contributed by atoms with Crippen molar-refractivity contribution in [3.63, 3.8) is 0 Å². The molecule has 18 heavy (non-hydrogen) atoms. The van der Waals surface area contributed by atoms with Gasteiger partial charge >= 0.3 is 0 Å². The van der Waals surface area contributed by atoms with E-state index in [1.807, 2.05) is 0 Å². The lowest BCUT2D eigenvalue weighted by Crippen LogP contribution is -2.52. The van der Waals surface area contributed by atoms with E-state index < -0.39 is 0 Å². The molecule has 2 fully saturated rings. The highest BCUT2D eigenvalue weighted by molar-refractivity contribution is 4.87. The number of likely N-dealkylation sites (tertiary alicyclic amines) is 1. The van der Waals surface area contributed by atoms with E-state index in [0.717, 1.165) is 23.9 Å². The van der Waals surface area contributed by atoms with Gasteiger partial charge in [-0.2, -0.15) is 0 Å². The zero-order valence-corrected chi connectivity index (χ0v) is 12.6. The largest absolute Gasteiger partial charge is 0.310 e. The maximum atomic E-state index is 3.97. The molecule has 2 unspecified atom stereocenters. The Kier molecular flexibility index (Phi) is 5.50. The van der Waals surface area contributed by atoms with Crippen LogP contribution in [0.25, 0.3) is 0 Å². The Morgan fingerprint density at radius 2 is 1.78 bits per heavy atom. The maximum Gasteiger partial charge on any atom is 0.0200 e. The van der Waals surface area contributed by atoms with E-state index in [4.69, 9.17) is 0 Å². The van der Waals surface area contributed by atoms with Crippen LogP contribution in [0.3, 0.4) is 0 Å². The summed E-state index contributed by atoms with van der Waals surface area (Å²) in [6, 6.07) is 1.56. The second kappa shape index (κ2) is 6.91. The van der Waals surface area contributed by atoms with Gasteiger partial charge < -0.3 is 10.2 Å². The van der Waals surface area contributed by atoms with Crippen LogP contribution in [0.1, 0.15) is 59.3 Å². The Hall–Kier alpha value is -0.0800. The van der Waals surface area contributed by atoms with Crippen molar-refractivity contribution in [2.24, 2.45) is 11.8 Å². The van der Waals surface area contributed by atoms with Crippen molar-refractivity contribution in [3.8, 4) is 0 Å². The number of rotatable bonds is 4. The summed E-state index contributed by atoms with van der Waals surface area (Å²) in [5.41, 5.74) is 0. The molecule has 1 saturated carbocycles. The van der Waals surface area contributed by atoms with E-state index >= 15 is 0 Å². The summed E-state index contributed by atoms with van der Waals surface area (Å²) in [6.07, 6.45) is 8.55. The van der Waals surface area contributed by atoms with Crippen LogP contribution >= 0.6 is 0 Å². The normalized spacial score (nSPS) is 32.0. The number of hydrogen-bond acceptors (Lipinski definition) is 2. The first-order valence-electron chi connectivity index (χ1n) is 8.17. The molecule has 0 radical (unpaired) electrons. The van der Waals surface area contributed by atoms with Gasteiger partial charge in [0.15, 0.2) is 0 Å². The Morgan fingerprint density at radius 1 is 1.06 bits per heavy atom. The molecule has 2 aliphatic rings. The number of hydrogen-bond donors (Lipinski definition) is 1. The monoisotopic (exact) mass is 252 g/mol. The molecule has 0 aromatic rings. The average Bonchev–Trinajstić information content (AvgIpc) is 2.39. The predicted molar refractivity (Wildman–Crippen MR) is 78.9 cm³/mol. The fraction of sp³-hybridized carbons (Fsp3) is 1.00. The highest BCUT2D eigenvalue weighted by atomic mass is 15.2. The lowest BCUT2D eigenvalue weighted by Gasteiger charge is -2.41. The minimum absolute atomic E-state index is 0.745. The summed E-state index contributed by atoms with van der Waals surface area (Å²) < 4.78 is 0. The standard InChI is InChI=1S/C16H32N2/c1-4-18-11-14(13(2)3)10-16(12-18)17-15-8-6-5-7-9-15/h13-17H,4-12H2,1-3H3. The number of nitrogens with zero attached hydrogens (tertiary/aromatic N) is 1. The zero-order chi connectivity index (χ0) is 13.0. The summed E-state index contributed by atoms with van der Waals surface area (Å²) in [7, 11) is 0. The smallest absolute Gasteiger partial charge is 0.0200 e. The molecule has 1 N–H and O–H groups in total. The first-order valence-corrected chi connectivity index (χ1v) is 8.17. The molecule has 0 aromatic carbocycles. The Labute approximate surface area is 114 Å². The third-order valence-corrected chi connectivity index (χ3v) is 5.03. The lowest BCUT2D eigenvalue weighted by atomic mass is 9.84. The molecule has 1 heterocycles. The van der Waals surface area contributed by atoms with E-state index in [9.17, 15) is 0 Å². The van der Waals surface area contributed by atoms with Gasteiger partial charge in [0.1, 0.15) is 0 Å². The third-order valence-electron chi connectivity index (χ3n) is 5.03. The average molecular weight is 252 g/mol. The molecule has 1 aliphatic heterocycles. The number of likely N-dealkylation sites (N-methyl/N-ethyl adjacent to an activating group) is 1. The molecule has 2 heteroatoms. The zero-order valence-electron chi connectivity index (χ0n) is 12.6. The van der Waals surface area contributed by atoms with Crippen molar-refractivity contribution < 1.29 is 0 Å². The second-order valence-electron chi connectivity index (χ2n) is 6.79. The van der Waals surface area contributed by atoms with Crippen molar-refractivity contribution in [2.75, 3.05) is 19.6 Å². The fourth-order valence-electron chi connectivity index (χ4n) is 3.70. The van der Waals surface area contributed by atoms with Gasteiger partial charge in [-0.25, -0.2) is 0 Å². The molecule has 2 nitrogen and oxygen atoms in total. The van der Waals surface area contributed by atoms with E-state index in [2.05, 4.69) is 31.0 Å². The van der Waals surface area contributed by atoms with Gasteiger partial charge in [-0.1, -0.05) is 40.0 Å². The van der Waals surface area contributed by atoms with Crippen LogP contribution in [0.5, 0.6) is 0 Å². The van der Waals surface area contributed by atoms with Gasteiger partial charge in [0.2, 0.25) is 0 Å². The highest BCUT2D eigenvalue weighted by Crippen LogP contribution is 2.25. The molecule has 1 aliphatic carbocycles. The Balaban J connectivity index is 1.85. The molecular weight excluding hydrogens is 220 g/mol. The van der Waals surface area contributed by atoms with E-state index in [-0.39, 0.29) is 0 Å². The summed E-state index contributed by atoms with van der Waals surface area (Å²) in [4.78, 5) is 2.65. The van der Waals surface area contributed by atoms with Crippen LogP contribution in [0, 0.1) is 11.8 Å². The lowest BCUT2D eigenvalue weighted by molar-refractivity contribution is 0.112. The third kappa shape index (κ3) is 3.96. The minimum Gasteiger partial charge on any atom is -0.310 e. The highest BCUT2D eigenvalue weighted by Gasteiger charge is 2.29. The molecule has 106 valence electrons. The molecule has 2 atom stereocenters. The molecule has 0 spiro atoms. The van der Waals surface area contributed by atoms with Crippen molar-refractivity contribution >= 4 is 0 Å². The predicted octanol–water partition coefficient (Wildman–Crippen LogP) is 3.28. The van der Waals surface area contributed by atoms with Crippen molar-refractivity contribution in [1.82, 2.24) is 10.2 Å². The van der Waals surface area contributed by atoms with Crippen molar-refractivity contribution in [2.45, 2.75) is 71.4 Å². The summed E-state index contributed by atoms with van der Waals surface area (Å²) in [5.74, 6) is 1.72. The molecular formula is C16H32N2. The van der Waals surface area contributed by atoms with E-state index in [1.54, 1.807) is 0 Å². The number of piperidine rings is 1. The van der Waals surface area contributed by atoms with Crippen LogP contribution in [0.15, 0.2) is 0 Å². The maximum absolute atomic E-state index is 3.97. The van der Waals surface area contributed by atoms with Crippen LogP contribution in [-0.4, -0.2) is 36.6 Å². The summed E-state index contributed by atoms with van der Waals surface area (Å²) in [6.45, 7) is 10.9. The fourth-order valence-corrected chi connectivity index (χ4v) is 3.70. The Morgan fingerprint density at radius 3 is 2.39 bits per heavy atom. The second-order valence-corrected chi connectivity index (χ2v) is 6.79. The van der Waals surface area contributed by atoms with Gasteiger partial charge in [0, 0.05) is 25.2 Å². The van der Waals surface area contributed by atoms with Crippen LogP contribution in [0.4, 0.5) is 0 Å². The van der Waals surface area contributed by atoms with Gasteiger partial charge in [0.05, 0.1) is 0 Å². The molecule has 1 saturated heterocycles. The quantitative estimate of drug-likeness (QED) is 0.826. The van der Waals surface area contributed by atoms with Crippen LogP contribution < -0.4 is 5.32 Å². The first-order chi connectivity index (χ1) is 8.69. The van der Waals surface area contributed by atoms with Crippen molar-refractivity contribution in [3.05, 3.63) is 0 Å².